The Labute approximate surface area is 178 Å². The Bertz CT molecular complexity index is 845. The van der Waals surface area contributed by atoms with Gasteiger partial charge in [-0.2, -0.15) is 13.2 Å². The number of aromatic nitrogens is 2. The van der Waals surface area contributed by atoms with E-state index in [1.807, 2.05) is 19.1 Å². The Kier molecular flexibility index (Phi) is 7.48. The third-order valence-electron chi connectivity index (χ3n) is 4.65. The number of halogens is 3. The van der Waals surface area contributed by atoms with Gasteiger partial charge in [0.05, 0.1) is 13.1 Å². The van der Waals surface area contributed by atoms with Crippen molar-refractivity contribution in [3.05, 3.63) is 40.0 Å². The van der Waals surface area contributed by atoms with E-state index in [1.165, 1.54) is 0 Å². The van der Waals surface area contributed by atoms with Crippen molar-refractivity contribution >= 4 is 23.1 Å². The second-order valence-corrected chi connectivity index (χ2v) is 7.93. The molecule has 2 aromatic heterocycles. The van der Waals surface area contributed by atoms with Crippen LogP contribution in [0.15, 0.2) is 28.7 Å². The molecule has 0 spiro atoms. The minimum absolute atomic E-state index is 0.176. The van der Waals surface area contributed by atoms with Crippen LogP contribution in [0.4, 0.5) is 19.0 Å². The number of thiazole rings is 1. The van der Waals surface area contributed by atoms with Crippen LogP contribution in [0.25, 0.3) is 0 Å². The Morgan fingerprint density at radius 3 is 2.67 bits per heavy atom. The van der Waals surface area contributed by atoms with Crippen LogP contribution in [0.3, 0.4) is 0 Å². The summed E-state index contributed by atoms with van der Waals surface area (Å²) < 4.78 is 38.1. The van der Waals surface area contributed by atoms with Gasteiger partial charge in [-0.15, -0.1) is 11.3 Å². The highest BCUT2D eigenvalue weighted by Crippen LogP contribution is 2.29. The average Bonchev–Trinajstić information content (AvgIpc) is 3.20. The maximum absolute atomic E-state index is 12.7. The van der Waals surface area contributed by atoms with E-state index in [-0.39, 0.29) is 6.54 Å². The van der Waals surface area contributed by atoms with Crippen LogP contribution in [-0.4, -0.2) is 60.6 Å². The standard InChI is InChI=1S/C19H26F3N7S/c1-3-23-18(26-12-17-27-15(13-30-17)19(20,21)22)25-11-14-4-5-24-16(10-14)29-8-6-28(2)7-9-29/h4-5,10,13H,3,6-9,11-12H2,1-2H3,(H2,23,25,26). The van der Waals surface area contributed by atoms with E-state index < -0.39 is 11.9 Å². The molecular weight excluding hydrogens is 415 g/mol. The fourth-order valence-electron chi connectivity index (χ4n) is 2.96. The van der Waals surface area contributed by atoms with E-state index in [0.29, 0.717) is 24.1 Å². The van der Waals surface area contributed by atoms with E-state index >= 15 is 0 Å². The number of pyridine rings is 1. The summed E-state index contributed by atoms with van der Waals surface area (Å²) in [6.45, 7) is 7.07. The lowest BCUT2D eigenvalue weighted by Gasteiger charge is -2.33. The molecule has 0 radical (unpaired) electrons. The lowest BCUT2D eigenvalue weighted by atomic mass is 10.2. The molecule has 11 heteroatoms. The molecule has 164 valence electrons. The number of hydrogen-bond acceptors (Lipinski definition) is 6. The Balaban J connectivity index is 1.60. The third kappa shape index (κ3) is 6.30. The van der Waals surface area contributed by atoms with Crippen LogP contribution >= 0.6 is 11.3 Å². The summed E-state index contributed by atoms with van der Waals surface area (Å²) in [5.74, 6) is 1.47. The van der Waals surface area contributed by atoms with Gasteiger partial charge in [0.25, 0.3) is 0 Å². The molecule has 0 aliphatic carbocycles. The van der Waals surface area contributed by atoms with Crippen molar-refractivity contribution in [3.8, 4) is 0 Å². The van der Waals surface area contributed by atoms with E-state index in [2.05, 4.69) is 42.4 Å². The van der Waals surface area contributed by atoms with Gasteiger partial charge in [-0.3, -0.25) is 0 Å². The number of aliphatic imine (C=N–C) groups is 1. The van der Waals surface area contributed by atoms with Gasteiger partial charge in [-0.1, -0.05) is 0 Å². The third-order valence-corrected chi connectivity index (χ3v) is 5.50. The molecule has 0 unspecified atom stereocenters. The van der Waals surface area contributed by atoms with E-state index in [0.717, 1.165) is 54.3 Å². The van der Waals surface area contributed by atoms with Crippen LogP contribution < -0.4 is 15.5 Å². The number of rotatable bonds is 6. The highest BCUT2D eigenvalue weighted by molar-refractivity contribution is 7.09. The molecule has 2 aromatic rings. The fraction of sp³-hybridized carbons (Fsp3) is 0.526. The largest absolute Gasteiger partial charge is 0.434 e. The van der Waals surface area contributed by atoms with E-state index in [1.54, 1.807) is 6.20 Å². The molecular formula is C19H26F3N7S. The Morgan fingerprint density at radius 1 is 1.23 bits per heavy atom. The predicted octanol–water partition coefficient (Wildman–Crippen LogP) is 2.56. The molecule has 1 saturated heterocycles. The zero-order chi connectivity index (χ0) is 21.6. The second-order valence-electron chi connectivity index (χ2n) is 6.99. The first-order valence-corrected chi connectivity index (χ1v) is 10.7. The van der Waals surface area contributed by atoms with Gasteiger partial charge in [-0.25, -0.2) is 15.0 Å². The van der Waals surface area contributed by atoms with Crippen LogP contribution in [-0.2, 0) is 19.3 Å². The number of hydrogen-bond donors (Lipinski definition) is 2. The average molecular weight is 442 g/mol. The van der Waals surface area contributed by atoms with Crippen molar-refractivity contribution in [1.29, 1.82) is 0 Å². The quantitative estimate of drug-likeness (QED) is 0.531. The molecule has 7 nitrogen and oxygen atoms in total. The van der Waals surface area contributed by atoms with E-state index in [4.69, 9.17) is 0 Å². The number of guanidine groups is 1. The number of alkyl halides is 3. The molecule has 1 fully saturated rings. The minimum Gasteiger partial charge on any atom is -0.357 e. The lowest BCUT2D eigenvalue weighted by molar-refractivity contribution is -0.140. The zero-order valence-electron chi connectivity index (χ0n) is 17.0. The van der Waals surface area contributed by atoms with Gasteiger partial charge in [0, 0.05) is 44.3 Å². The summed E-state index contributed by atoms with van der Waals surface area (Å²) >= 11 is 0.975. The molecule has 2 N–H and O–H groups in total. The Hall–Kier alpha value is -2.40. The molecule has 1 aliphatic heterocycles. The van der Waals surface area contributed by atoms with Gasteiger partial charge in [0.1, 0.15) is 10.8 Å². The van der Waals surface area contributed by atoms with E-state index in [9.17, 15) is 13.2 Å². The summed E-state index contributed by atoms with van der Waals surface area (Å²) in [6.07, 6.45) is -2.64. The SMILES string of the molecule is CCNC(=NCc1ccnc(N2CCN(C)CC2)c1)NCc1nc(C(F)(F)F)cs1. The molecule has 1 aliphatic rings. The monoisotopic (exact) mass is 441 g/mol. The van der Waals surface area contributed by atoms with Crippen molar-refractivity contribution in [2.24, 2.45) is 4.99 Å². The Morgan fingerprint density at radius 2 is 2.00 bits per heavy atom. The fourth-order valence-corrected chi connectivity index (χ4v) is 3.70. The summed E-state index contributed by atoms with van der Waals surface area (Å²) in [5, 5.41) is 7.53. The zero-order valence-corrected chi connectivity index (χ0v) is 17.9. The number of piperazine rings is 1. The van der Waals surface area contributed by atoms with Crippen LogP contribution in [0.5, 0.6) is 0 Å². The van der Waals surface area contributed by atoms with Crippen LogP contribution in [0.1, 0.15) is 23.2 Å². The highest BCUT2D eigenvalue weighted by Gasteiger charge is 2.33. The van der Waals surface area contributed by atoms with Crippen molar-refractivity contribution in [2.45, 2.75) is 26.2 Å². The normalized spacial score (nSPS) is 16.0. The molecule has 0 atom stereocenters. The van der Waals surface area contributed by atoms with Crippen molar-refractivity contribution in [2.75, 3.05) is 44.7 Å². The molecule has 0 bridgehead atoms. The van der Waals surface area contributed by atoms with Crippen molar-refractivity contribution in [3.63, 3.8) is 0 Å². The number of nitrogens with zero attached hydrogens (tertiary/aromatic N) is 5. The number of nitrogens with one attached hydrogen (secondary N) is 2. The van der Waals surface area contributed by atoms with Gasteiger partial charge in [-0.05, 0) is 31.7 Å². The predicted molar refractivity (Wildman–Crippen MR) is 113 cm³/mol. The van der Waals surface area contributed by atoms with Gasteiger partial charge >= 0.3 is 6.18 Å². The smallest absolute Gasteiger partial charge is 0.357 e. The maximum Gasteiger partial charge on any atom is 0.434 e. The maximum atomic E-state index is 12.7. The first kappa shape index (κ1) is 22.3. The number of likely N-dealkylation sites (N-methyl/N-ethyl adjacent to an activating group) is 1. The summed E-state index contributed by atoms with van der Waals surface area (Å²) in [4.78, 5) is 17.2. The van der Waals surface area contributed by atoms with Gasteiger partial charge < -0.3 is 20.4 Å². The minimum atomic E-state index is -4.42. The molecule has 0 saturated carbocycles. The van der Waals surface area contributed by atoms with Crippen molar-refractivity contribution < 1.29 is 13.2 Å². The van der Waals surface area contributed by atoms with Crippen molar-refractivity contribution in [1.82, 2.24) is 25.5 Å². The lowest BCUT2D eigenvalue weighted by Crippen LogP contribution is -2.44. The van der Waals surface area contributed by atoms with Crippen LogP contribution in [0, 0.1) is 0 Å². The van der Waals surface area contributed by atoms with Gasteiger partial charge in [0.15, 0.2) is 11.7 Å². The summed E-state index contributed by atoms with van der Waals surface area (Å²) in [5.41, 5.74) is 0.157. The molecule has 0 amide bonds. The molecule has 0 aromatic carbocycles. The first-order valence-electron chi connectivity index (χ1n) is 9.77. The topological polar surface area (TPSA) is 68.7 Å². The molecule has 3 heterocycles. The van der Waals surface area contributed by atoms with Gasteiger partial charge in [0.2, 0.25) is 0 Å². The highest BCUT2D eigenvalue weighted by atomic mass is 32.1. The summed E-state index contributed by atoms with van der Waals surface area (Å²) in [7, 11) is 2.11. The summed E-state index contributed by atoms with van der Waals surface area (Å²) in [6, 6.07) is 3.96. The second kappa shape index (κ2) is 10.1. The molecule has 30 heavy (non-hydrogen) atoms. The first-order chi connectivity index (χ1) is 14.3. The van der Waals surface area contributed by atoms with Crippen LogP contribution in [0.2, 0.25) is 0 Å². The molecule has 3 rings (SSSR count). The number of anilines is 1.